The van der Waals surface area contributed by atoms with Crippen LogP contribution in [0.3, 0.4) is 0 Å². The van der Waals surface area contributed by atoms with E-state index in [0.717, 1.165) is 13.1 Å². The number of likely N-dealkylation sites (N-methyl/N-ethyl adjacent to an activating group) is 2. The first-order chi connectivity index (χ1) is 5.18. The van der Waals surface area contributed by atoms with Crippen LogP contribution in [-0.4, -0.2) is 55.7 Å². The molecule has 2 rings (SSSR count). The average Bonchev–Trinajstić information content (AvgIpc) is 2.38. The first kappa shape index (κ1) is 7.50. The summed E-state index contributed by atoms with van der Waals surface area (Å²) in [7, 11) is 4.09. The van der Waals surface area contributed by atoms with Crippen LogP contribution in [-0.2, 0) is 0 Å². The first-order valence-corrected chi connectivity index (χ1v) is 4.21. The summed E-state index contributed by atoms with van der Waals surface area (Å²) in [6, 6.07) is 0.481. The van der Waals surface area contributed by atoms with Gasteiger partial charge < -0.3 is 4.90 Å². The first-order valence-electron chi connectivity index (χ1n) is 4.21. The van der Waals surface area contributed by atoms with Gasteiger partial charge >= 0.3 is 0 Å². The molecule has 0 amide bonds. The second kappa shape index (κ2) is 2.42. The molecule has 0 aromatic rings. The van der Waals surface area contributed by atoms with Crippen LogP contribution in [0.4, 0.5) is 4.39 Å². The van der Waals surface area contributed by atoms with Crippen LogP contribution in [0.15, 0.2) is 0 Å². The Morgan fingerprint density at radius 3 is 2.55 bits per heavy atom. The molecule has 0 radical (unpaired) electrons. The molecule has 2 heterocycles. The lowest BCUT2D eigenvalue weighted by atomic mass is 10.0. The van der Waals surface area contributed by atoms with E-state index in [9.17, 15) is 4.39 Å². The molecule has 2 aliphatic heterocycles. The van der Waals surface area contributed by atoms with Crippen molar-refractivity contribution >= 4 is 0 Å². The number of nitrogens with zero attached hydrogens (tertiary/aromatic N) is 2. The second-order valence-electron chi connectivity index (χ2n) is 3.91. The fourth-order valence-electron chi connectivity index (χ4n) is 2.38. The molecule has 2 nitrogen and oxygen atoms in total. The standard InChI is InChI=1S/C8H15FN2/c1-10-3-6-7(9)4-11(2)8(6)5-10/h6-8H,3-5H2,1-2H3/t6-,7+,8-/m1/s1. The van der Waals surface area contributed by atoms with Gasteiger partial charge in [0.1, 0.15) is 6.17 Å². The van der Waals surface area contributed by atoms with Gasteiger partial charge in [0, 0.05) is 31.6 Å². The summed E-state index contributed by atoms with van der Waals surface area (Å²) in [5, 5.41) is 0. The number of hydrogen-bond acceptors (Lipinski definition) is 2. The zero-order chi connectivity index (χ0) is 8.01. The van der Waals surface area contributed by atoms with Gasteiger partial charge in [-0.1, -0.05) is 0 Å². The second-order valence-corrected chi connectivity index (χ2v) is 3.91. The van der Waals surface area contributed by atoms with Crippen LogP contribution < -0.4 is 0 Å². The van der Waals surface area contributed by atoms with Crippen LogP contribution >= 0.6 is 0 Å². The normalized spacial score (nSPS) is 46.6. The van der Waals surface area contributed by atoms with Crippen molar-refractivity contribution in [1.82, 2.24) is 9.80 Å². The van der Waals surface area contributed by atoms with Crippen LogP contribution in [0.1, 0.15) is 0 Å². The SMILES string of the molecule is CN1C[C@H]2[C@@H](C1)N(C)C[C@@H]2F. The van der Waals surface area contributed by atoms with Crippen molar-refractivity contribution in [2.75, 3.05) is 33.7 Å². The van der Waals surface area contributed by atoms with Gasteiger partial charge in [-0.3, -0.25) is 4.90 Å². The molecule has 3 atom stereocenters. The Bertz CT molecular complexity index is 146. The van der Waals surface area contributed by atoms with Crippen LogP contribution in [0, 0.1) is 5.92 Å². The molecule has 11 heavy (non-hydrogen) atoms. The Labute approximate surface area is 67.0 Å². The number of hydrogen-bond donors (Lipinski definition) is 0. The highest BCUT2D eigenvalue weighted by atomic mass is 19.1. The van der Waals surface area contributed by atoms with Crippen molar-refractivity contribution in [3.63, 3.8) is 0 Å². The molecule has 3 heteroatoms. The predicted molar refractivity (Wildman–Crippen MR) is 42.3 cm³/mol. The van der Waals surface area contributed by atoms with Crippen LogP contribution in [0.2, 0.25) is 0 Å². The largest absolute Gasteiger partial charge is 0.304 e. The molecule has 0 aromatic heterocycles. The number of alkyl halides is 1. The van der Waals surface area contributed by atoms with E-state index in [-0.39, 0.29) is 5.92 Å². The van der Waals surface area contributed by atoms with E-state index in [1.807, 2.05) is 7.05 Å². The number of likely N-dealkylation sites (tertiary alicyclic amines) is 2. The van der Waals surface area contributed by atoms with Crippen molar-refractivity contribution < 1.29 is 4.39 Å². The molecule has 0 spiro atoms. The lowest BCUT2D eigenvalue weighted by molar-refractivity contribution is 0.243. The molecule has 0 aromatic carbocycles. The Morgan fingerprint density at radius 2 is 1.91 bits per heavy atom. The number of halogens is 1. The number of fused-ring (bicyclic) bond motifs is 1. The van der Waals surface area contributed by atoms with E-state index in [1.165, 1.54) is 0 Å². The van der Waals surface area contributed by atoms with Crippen LogP contribution in [0.5, 0.6) is 0 Å². The summed E-state index contributed by atoms with van der Waals surface area (Å²) in [5.41, 5.74) is 0. The Kier molecular flexibility index (Phi) is 1.65. The lowest BCUT2D eigenvalue weighted by Gasteiger charge is -2.17. The molecule has 2 fully saturated rings. The predicted octanol–water partition coefficient (Wildman–Crippen LogP) is 0.200. The van der Waals surface area contributed by atoms with Gasteiger partial charge in [0.25, 0.3) is 0 Å². The molecule has 0 unspecified atom stereocenters. The molecule has 64 valence electrons. The summed E-state index contributed by atoms with van der Waals surface area (Å²) in [6.07, 6.45) is -0.588. The van der Waals surface area contributed by atoms with E-state index in [1.54, 1.807) is 0 Å². The molecule has 0 saturated carbocycles. The van der Waals surface area contributed by atoms with Gasteiger partial charge in [-0.25, -0.2) is 4.39 Å². The summed E-state index contributed by atoms with van der Waals surface area (Å²) in [6.45, 7) is 2.63. The van der Waals surface area contributed by atoms with Crippen molar-refractivity contribution in [2.45, 2.75) is 12.2 Å². The molecule has 2 saturated heterocycles. The molecular formula is C8H15FN2. The van der Waals surface area contributed by atoms with Gasteiger partial charge in [0.2, 0.25) is 0 Å². The maximum Gasteiger partial charge on any atom is 0.118 e. The fourth-order valence-corrected chi connectivity index (χ4v) is 2.38. The van der Waals surface area contributed by atoms with Crippen molar-refractivity contribution in [3.05, 3.63) is 0 Å². The summed E-state index contributed by atoms with van der Waals surface area (Å²) < 4.78 is 13.2. The van der Waals surface area contributed by atoms with Crippen molar-refractivity contribution in [3.8, 4) is 0 Å². The smallest absolute Gasteiger partial charge is 0.118 e. The van der Waals surface area contributed by atoms with Gasteiger partial charge in [0.05, 0.1) is 0 Å². The average molecular weight is 158 g/mol. The maximum atomic E-state index is 13.2. The molecule has 0 N–H and O–H groups in total. The van der Waals surface area contributed by atoms with E-state index < -0.39 is 6.17 Å². The maximum absolute atomic E-state index is 13.2. The van der Waals surface area contributed by atoms with Crippen molar-refractivity contribution in [2.24, 2.45) is 5.92 Å². The zero-order valence-electron chi connectivity index (χ0n) is 7.13. The van der Waals surface area contributed by atoms with Gasteiger partial charge in [0.15, 0.2) is 0 Å². The highest BCUT2D eigenvalue weighted by Gasteiger charge is 2.44. The Hall–Kier alpha value is -0.150. The van der Waals surface area contributed by atoms with Gasteiger partial charge in [-0.15, -0.1) is 0 Å². The van der Waals surface area contributed by atoms with E-state index in [2.05, 4.69) is 16.8 Å². The topological polar surface area (TPSA) is 6.48 Å². The third kappa shape index (κ3) is 1.07. The van der Waals surface area contributed by atoms with Gasteiger partial charge in [-0.05, 0) is 14.1 Å². The van der Waals surface area contributed by atoms with E-state index in [4.69, 9.17) is 0 Å². The third-order valence-electron chi connectivity index (χ3n) is 3.01. The highest BCUT2D eigenvalue weighted by molar-refractivity contribution is 4.98. The summed E-state index contributed by atoms with van der Waals surface area (Å²) in [4.78, 5) is 4.37. The third-order valence-corrected chi connectivity index (χ3v) is 3.01. The minimum Gasteiger partial charge on any atom is -0.304 e. The van der Waals surface area contributed by atoms with Gasteiger partial charge in [-0.2, -0.15) is 0 Å². The summed E-state index contributed by atoms with van der Waals surface area (Å²) >= 11 is 0. The lowest BCUT2D eigenvalue weighted by Crippen LogP contribution is -2.30. The Morgan fingerprint density at radius 1 is 1.18 bits per heavy atom. The summed E-state index contributed by atoms with van der Waals surface area (Å²) in [5.74, 6) is 0.282. The minimum absolute atomic E-state index is 0.282. The van der Waals surface area contributed by atoms with Crippen LogP contribution in [0.25, 0.3) is 0 Å². The fraction of sp³-hybridized carbons (Fsp3) is 1.00. The quantitative estimate of drug-likeness (QED) is 0.497. The molecule has 0 aliphatic carbocycles. The van der Waals surface area contributed by atoms with E-state index in [0.29, 0.717) is 12.6 Å². The van der Waals surface area contributed by atoms with Crippen molar-refractivity contribution in [1.29, 1.82) is 0 Å². The minimum atomic E-state index is -0.588. The van der Waals surface area contributed by atoms with E-state index >= 15 is 0 Å². The highest BCUT2D eigenvalue weighted by Crippen LogP contribution is 2.31. The Balaban J connectivity index is 2.10. The number of rotatable bonds is 0. The molecular weight excluding hydrogens is 143 g/mol. The molecule has 0 bridgehead atoms. The monoisotopic (exact) mass is 158 g/mol. The zero-order valence-corrected chi connectivity index (χ0v) is 7.13. The molecule has 2 aliphatic rings.